The standard InChI is InChI=1S/C11H18ClN5O/c1-3-13-10-15-9(12)16-11(17-10)14-7-5-4-6-8(7)18-2/h7-8H,3-6H2,1-2H3,(H2,13,14,15,16,17). The zero-order valence-corrected chi connectivity index (χ0v) is 11.4. The van der Waals surface area contributed by atoms with Gasteiger partial charge in [0, 0.05) is 13.7 Å². The average Bonchev–Trinajstić information content (AvgIpc) is 2.76. The summed E-state index contributed by atoms with van der Waals surface area (Å²) in [5.74, 6) is 0.992. The molecule has 7 heteroatoms. The molecule has 0 radical (unpaired) electrons. The summed E-state index contributed by atoms with van der Waals surface area (Å²) in [7, 11) is 1.73. The second-order valence-electron chi connectivity index (χ2n) is 4.24. The van der Waals surface area contributed by atoms with Crippen molar-refractivity contribution in [3.8, 4) is 0 Å². The summed E-state index contributed by atoms with van der Waals surface area (Å²) in [6.45, 7) is 2.71. The predicted molar refractivity (Wildman–Crippen MR) is 71.1 cm³/mol. The fourth-order valence-corrected chi connectivity index (χ4v) is 2.35. The fraction of sp³-hybridized carbons (Fsp3) is 0.727. The Morgan fingerprint density at radius 2 is 2.06 bits per heavy atom. The van der Waals surface area contributed by atoms with Gasteiger partial charge in [-0.15, -0.1) is 0 Å². The first-order chi connectivity index (χ1) is 8.72. The Morgan fingerprint density at radius 1 is 1.28 bits per heavy atom. The average molecular weight is 272 g/mol. The van der Waals surface area contributed by atoms with E-state index in [1.54, 1.807) is 7.11 Å². The quantitative estimate of drug-likeness (QED) is 0.853. The molecule has 0 bridgehead atoms. The summed E-state index contributed by atoms with van der Waals surface area (Å²) < 4.78 is 5.42. The summed E-state index contributed by atoms with van der Waals surface area (Å²) in [6, 6.07) is 0.239. The first-order valence-corrected chi connectivity index (χ1v) is 6.55. The van der Waals surface area contributed by atoms with Crippen LogP contribution in [0.1, 0.15) is 26.2 Å². The molecule has 0 amide bonds. The van der Waals surface area contributed by atoms with Gasteiger partial charge in [-0.05, 0) is 37.8 Å². The second kappa shape index (κ2) is 6.15. The minimum Gasteiger partial charge on any atom is -0.379 e. The molecular formula is C11H18ClN5O. The zero-order chi connectivity index (χ0) is 13.0. The molecule has 0 saturated heterocycles. The lowest BCUT2D eigenvalue weighted by atomic mass is 10.2. The van der Waals surface area contributed by atoms with E-state index in [9.17, 15) is 0 Å². The molecule has 2 N–H and O–H groups in total. The van der Waals surface area contributed by atoms with Crippen molar-refractivity contribution in [3.05, 3.63) is 5.28 Å². The van der Waals surface area contributed by atoms with Gasteiger partial charge >= 0.3 is 0 Å². The van der Waals surface area contributed by atoms with E-state index in [0.29, 0.717) is 11.9 Å². The minimum absolute atomic E-state index is 0.190. The summed E-state index contributed by atoms with van der Waals surface area (Å²) in [5, 5.41) is 6.48. The van der Waals surface area contributed by atoms with Crippen LogP contribution in [0.25, 0.3) is 0 Å². The van der Waals surface area contributed by atoms with Gasteiger partial charge in [0.15, 0.2) is 0 Å². The molecule has 0 spiro atoms. The molecular weight excluding hydrogens is 254 g/mol. The highest BCUT2D eigenvalue weighted by Gasteiger charge is 2.27. The predicted octanol–water partition coefficient (Wildman–Crippen LogP) is 1.94. The lowest BCUT2D eigenvalue weighted by Crippen LogP contribution is -2.30. The maximum atomic E-state index is 5.87. The van der Waals surface area contributed by atoms with Crippen LogP contribution in [0.5, 0.6) is 0 Å². The van der Waals surface area contributed by atoms with Gasteiger partial charge in [0.1, 0.15) is 0 Å². The molecule has 100 valence electrons. The molecule has 1 heterocycles. The highest BCUT2D eigenvalue weighted by molar-refractivity contribution is 6.28. The Labute approximate surface area is 112 Å². The Kier molecular flexibility index (Phi) is 4.54. The lowest BCUT2D eigenvalue weighted by Gasteiger charge is -2.19. The first-order valence-electron chi connectivity index (χ1n) is 6.17. The third-order valence-electron chi connectivity index (χ3n) is 3.01. The van der Waals surface area contributed by atoms with E-state index >= 15 is 0 Å². The summed E-state index contributed by atoms with van der Waals surface area (Å²) in [5.41, 5.74) is 0. The zero-order valence-electron chi connectivity index (χ0n) is 10.6. The van der Waals surface area contributed by atoms with E-state index in [-0.39, 0.29) is 17.4 Å². The molecule has 1 aromatic rings. The molecule has 6 nitrogen and oxygen atoms in total. The molecule has 2 unspecified atom stereocenters. The number of nitrogens with zero attached hydrogens (tertiary/aromatic N) is 3. The van der Waals surface area contributed by atoms with Crippen molar-refractivity contribution in [2.45, 2.75) is 38.3 Å². The van der Waals surface area contributed by atoms with Crippen molar-refractivity contribution in [2.75, 3.05) is 24.3 Å². The molecule has 1 aromatic heterocycles. The molecule has 1 aliphatic rings. The molecule has 1 aliphatic carbocycles. The normalized spacial score (nSPS) is 23.1. The van der Waals surface area contributed by atoms with Crippen LogP contribution in [0.4, 0.5) is 11.9 Å². The van der Waals surface area contributed by atoms with Crippen LogP contribution in [0.3, 0.4) is 0 Å². The lowest BCUT2D eigenvalue weighted by molar-refractivity contribution is 0.101. The van der Waals surface area contributed by atoms with Crippen molar-refractivity contribution in [3.63, 3.8) is 0 Å². The van der Waals surface area contributed by atoms with Crippen LogP contribution in [-0.4, -0.2) is 40.8 Å². The minimum atomic E-state index is 0.190. The molecule has 0 aromatic carbocycles. The van der Waals surface area contributed by atoms with Crippen LogP contribution < -0.4 is 10.6 Å². The largest absolute Gasteiger partial charge is 0.379 e. The van der Waals surface area contributed by atoms with Crippen LogP contribution in [0.15, 0.2) is 0 Å². The van der Waals surface area contributed by atoms with E-state index in [1.165, 1.54) is 0 Å². The van der Waals surface area contributed by atoms with E-state index < -0.39 is 0 Å². The van der Waals surface area contributed by atoms with Crippen molar-refractivity contribution >= 4 is 23.5 Å². The van der Waals surface area contributed by atoms with E-state index in [0.717, 1.165) is 25.8 Å². The Bertz CT molecular complexity index is 403. The molecule has 2 atom stereocenters. The van der Waals surface area contributed by atoms with Crippen molar-refractivity contribution in [1.82, 2.24) is 15.0 Å². The monoisotopic (exact) mass is 271 g/mol. The maximum Gasteiger partial charge on any atom is 0.229 e. The van der Waals surface area contributed by atoms with Crippen molar-refractivity contribution in [2.24, 2.45) is 0 Å². The van der Waals surface area contributed by atoms with Crippen LogP contribution in [0, 0.1) is 0 Å². The number of nitrogens with one attached hydrogen (secondary N) is 2. The number of hydrogen-bond donors (Lipinski definition) is 2. The van der Waals surface area contributed by atoms with Crippen LogP contribution >= 0.6 is 11.6 Å². The third-order valence-corrected chi connectivity index (χ3v) is 3.18. The Hall–Kier alpha value is -1.14. The third kappa shape index (κ3) is 3.20. The van der Waals surface area contributed by atoms with Crippen LogP contribution in [0.2, 0.25) is 5.28 Å². The van der Waals surface area contributed by atoms with Gasteiger partial charge < -0.3 is 15.4 Å². The van der Waals surface area contributed by atoms with Gasteiger partial charge in [0.05, 0.1) is 12.1 Å². The van der Waals surface area contributed by atoms with Crippen LogP contribution in [-0.2, 0) is 4.74 Å². The summed E-state index contributed by atoms with van der Waals surface area (Å²) in [6.07, 6.45) is 3.48. The van der Waals surface area contributed by atoms with Gasteiger partial charge in [0.25, 0.3) is 0 Å². The first kappa shape index (κ1) is 13.3. The number of ether oxygens (including phenoxy) is 1. The molecule has 0 aliphatic heterocycles. The fourth-order valence-electron chi connectivity index (χ4n) is 2.19. The highest BCUT2D eigenvalue weighted by atomic mass is 35.5. The van der Waals surface area contributed by atoms with Gasteiger partial charge in [-0.25, -0.2) is 0 Å². The van der Waals surface area contributed by atoms with Gasteiger partial charge in [0.2, 0.25) is 17.2 Å². The number of anilines is 2. The van der Waals surface area contributed by atoms with Gasteiger partial charge in [-0.2, -0.15) is 15.0 Å². The van der Waals surface area contributed by atoms with E-state index in [4.69, 9.17) is 16.3 Å². The topological polar surface area (TPSA) is 72.0 Å². The number of methoxy groups -OCH3 is 1. The number of rotatable bonds is 5. The maximum absolute atomic E-state index is 5.87. The summed E-state index contributed by atoms with van der Waals surface area (Å²) >= 11 is 5.87. The van der Waals surface area contributed by atoms with Crippen molar-refractivity contribution < 1.29 is 4.74 Å². The second-order valence-corrected chi connectivity index (χ2v) is 4.58. The van der Waals surface area contributed by atoms with Crippen molar-refractivity contribution in [1.29, 1.82) is 0 Å². The molecule has 1 fully saturated rings. The Morgan fingerprint density at radius 3 is 2.78 bits per heavy atom. The van der Waals surface area contributed by atoms with E-state index in [2.05, 4.69) is 25.6 Å². The van der Waals surface area contributed by atoms with E-state index in [1.807, 2.05) is 6.92 Å². The number of halogens is 1. The summed E-state index contributed by atoms with van der Waals surface area (Å²) in [4.78, 5) is 12.4. The molecule has 18 heavy (non-hydrogen) atoms. The smallest absolute Gasteiger partial charge is 0.229 e. The van der Waals surface area contributed by atoms with Gasteiger partial charge in [-0.3, -0.25) is 0 Å². The SMILES string of the molecule is CCNc1nc(Cl)nc(NC2CCCC2OC)n1. The number of aromatic nitrogens is 3. The Balaban J connectivity index is 2.08. The molecule has 2 rings (SSSR count). The highest BCUT2D eigenvalue weighted by Crippen LogP contribution is 2.24. The number of hydrogen-bond acceptors (Lipinski definition) is 6. The molecule has 1 saturated carbocycles. The van der Waals surface area contributed by atoms with Gasteiger partial charge in [-0.1, -0.05) is 0 Å².